The third-order valence-electron chi connectivity index (χ3n) is 7.76. The van der Waals surface area contributed by atoms with E-state index in [4.69, 9.17) is 14.2 Å². The third-order valence-corrected chi connectivity index (χ3v) is 8.88. The average molecular weight is 492 g/mol. The van der Waals surface area contributed by atoms with Gasteiger partial charge in [-0.05, 0) is 32.1 Å². The lowest BCUT2D eigenvalue weighted by atomic mass is 9.83. The van der Waals surface area contributed by atoms with Gasteiger partial charge < -0.3 is 24.4 Å². The summed E-state index contributed by atoms with van der Waals surface area (Å²) in [5.41, 5.74) is -0.561. The first kappa shape index (κ1) is 21.6. The van der Waals surface area contributed by atoms with Crippen LogP contribution in [0.1, 0.15) is 54.5 Å². The summed E-state index contributed by atoms with van der Waals surface area (Å²) >= 11 is 1.37. The van der Waals surface area contributed by atoms with Gasteiger partial charge in [0.25, 0.3) is 0 Å². The van der Waals surface area contributed by atoms with Crippen LogP contribution in [0, 0.1) is 0 Å². The van der Waals surface area contributed by atoms with Crippen LogP contribution in [-0.2, 0) is 16.6 Å². The number of aromatic nitrogens is 3. The Kier molecular flexibility index (Phi) is 4.77. The van der Waals surface area contributed by atoms with Crippen LogP contribution in [0.15, 0.2) is 4.52 Å². The van der Waals surface area contributed by atoms with Gasteiger partial charge in [-0.15, -0.1) is 0 Å². The Bertz CT molecular complexity index is 1140. The highest BCUT2D eigenvalue weighted by molar-refractivity contribution is 7.16. The van der Waals surface area contributed by atoms with E-state index in [0.29, 0.717) is 55.7 Å². The molecule has 4 heterocycles. The SMILES string of the molecule is CNC(=O)Nc1nc2c(s1)C1CN(C(=O)OC)CC(C2)N1c1nc(C23CCC(F)(CC2)C3)no1. The topological polar surface area (TPSA) is 126 Å². The fourth-order valence-electron chi connectivity index (χ4n) is 6.09. The minimum absolute atomic E-state index is 0.154. The lowest BCUT2D eigenvalue weighted by Crippen LogP contribution is -2.59. The molecule has 0 aromatic carbocycles. The van der Waals surface area contributed by atoms with Crippen molar-refractivity contribution in [1.29, 1.82) is 0 Å². The molecule has 2 aliphatic carbocycles. The number of fused-ring (bicyclic) bond motifs is 6. The number of thiazole rings is 1. The van der Waals surface area contributed by atoms with Crippen molar-refractivity contribution in [2.75, 3.05) is 37.5 Å². The van der Waals surface area contributed by atoms with E-state index < -0.39 is 11.8 Å². The second-order valence-corrected chi connectivity index (χ2v) is 10.7. The summed E-state index contributed by atoms with van der Waals surface area (Å²) < 4.78 is 25.6. The molecule has 6 rings (SSSR count). The van der Waals surface area contributed by atoms with E-state index in [9.17, 15) is 14.0 Å². The Hall–Kier alpha value is -2.96. The van der Waals surface area contributed by atoms with Crippen LogP contribution < -0.4 is 15.5 Å². The number of anilines is 2. The molecule has 0 radical (unpaired) electrons. The number of halogens is 1. The van der Waals surface area contributed by atoms with E-state index in [2.05, 4.69) is 25.7 Å². The zero-order chi connectivity index (χ0) is 23.7. The molecule has 182 valence electrons. The standard InChI is InChI=1S/C21H26FN7O4S/c1-23-16(30)26-17-24-12-7-11-8-28(19(31)32-2)9-13(14(12)34-17)29(11)18-25-15(27-33-18)20-3-5-21(22,10-20)6-4-20/h11,13H,3-10H2,1-2H3,(H2,23,24,26,30). The number of carbonyl (C=O) groups is 2. The number of carbonyl (C=O) groups excluding carboxylic acids is 2. The number of urea groups is 1. The first-order valence-corrected chi connectivity index (χ1v) is 12.3. The molecule has 34 heavy (non-hydrogen) atoms. The zero-order valence-electron chi connectivity index (χ0n) is 19.0. The van der Waals surface area contributed by atoms with Crippen molar-refractivity contribution >= 4 is 34.6 Å². The molecule has 4 aliphatic rings. The molecule has 2 unspecified atom stereocenters. The van der Waals surface area contributed by atoms with Gasteiger partial charge in [0.2, 0.25) is 0 Å². The van der Waals surface area contributed by atoms with Gasteiger partial charge >= 0.3 is 18.1 Å². The molecule has 3 amide bonds. The monoisotopic (exact) mass is 491 g/mol. The molecule has 2 aromatic rings. The van der Waals surface area contributed by atoms with Gasteiger partial charge in [0.15, 0.2) is 11.0 Å². The number of ether oxygens (including phenoxy) is 1. The lowest BCUT2D eigenvalue weighted by molar-refractivity contribution is 0.102. The van der Waals surface area contributed by atoms with E-state index in [1.54, 1.807) is 11.9 Å². The molecule has 3 fully saturated rings. The molecule has 2 aromatic heterocycles. The average Bonchev–Trinajstić information content (AvgIpc) is 3.59. The van der Waals surface area contributed by atoms with E-state index in [1.807, 2.05) is 0 Å². The first-order valence-electron chi connectivity index (χ1n) is 11.5. The Labute approximate surface area is 199 Å². The molecule has 1 saturated heterocycles. The van der Waals surface area contributed by atoms with Crippen LogP contribution in [0.2, 0.25) is 0 Å². The van der Waals surface area contributed by atoms with E-state index >= 15 is 0 Å². The van der Waals surface area contributed by atoms with Crippen molar-refractivity contribution in [2.24, 2.45) is 0 Å². The molecule has 0 spiro atoms. The summed E-state index contributed by atoms with van der Waals surface area (Å²) in [4.78, 5) is 38.2. The largest absolute Gasteiger partial charge is 0.453 e. The van der Waals surface area contributed by atoms with Gasteiger partial charge in [0.1, 0.15) is 5.67 Å². The maximum atomic E-state index is 14.8. The summed E-state index contributed by atoms with van der Waals surface area (Å²) in [7, 11) is 2.91. The van der Waals surface area contributed by atoms with Crippen LogP contribution >= 0.6 is 11.3 Å². The Morgan fingerprint density at radius 2 is 2.03 bits per heavy atom. The van der Waals surface area contributed by atoms with Crippen LogP contribution in [0.5, 0.6) is 0 Å². The van der Waals surface area contributed by atoms with Crippen LogP contribution in [-0.4, -0.2) is 71.1 Å². The number of rotatable bonds is 3. The van der Waals surface area contributed by atoms with Crippen LogP contribution in [0.4, 0.5) is 25.1 Å². The molecule has 13 heteroatoms. The molecule has 2 N–H and O–H groups in total. The Morgan fingerprint density at radius 1 is 1.24 bits per heavy atom. The summed E-state index contributed by atoms with van der Waals surface area (Å²) in [5.74, 6) is 0.583. The van der Waals surface area contributed by atoms with Gasteiger partial charge in [0, 0.05) is 32.0 Å². The molecule has 2 saturated carbocycles. The van der Waals surface area contributed by atoms with E-state index in [-0.39, 0.29) is 23.5 Å². The summed E-state index contributed by atoms with van der Waals surface area (Å²) in [5, 5.41) is 10.1. The molecule has 4 bridgehead atoms. The third kappa shape index (κ3) is 3.23. The smallest absolute Gasteiger partial charge is 0.409 e. The van der Waals surface area contributed by atoms with Crippen molar-refractivity contribution in [3.63, 3.8) is 0 Å². The van der Waals surface area contributed by atoms with Gasteiger partial charge in [-0.25, -0.2) is 19.0 Å². The van der Waals surface area contributed by atoms with E-state index in [1.165, 1.54) is 18.4 Å². The quantitative estimate of drug-likeness (QED) is 0.671. The second kappa shape index (κ2) is 7.52. The van der Waals surface area contributed by atoms with Crippen molar-refractivity contribution in [1.82, 2.24) is 25.3 Å². The fraction of sp³-hybridized carbons (Fsp3) is 0.667. The maximum Gasteiger partial charge on any atom is 0.409 e. The highest BCUT2D eigenvalue weighted by atomic mass is 32.1. The fourth-order valence-corrected chi connectivity index (χ4v) is 7.17. The number of amides is 3. The molecular formula is C21H26FN7O4S. The van der Waals surface area contributed by atoms with E-state index in [0.717, 1.165) is 23.4 Å². The molecular weight excluding hydrogens is 465 g/mol. The van der Waals surface area contributed by atoms with Crippen molar-refractivity contribution in [3.8, 4) is 0 Å². The predicted octanol–water partition coefficient (Wildman–Crippen LogP) is 2.76. The van der Waals surface area contributed by atoms with Crippen molar-refractivity contribution < 1.29 is 23.2 Å². The number of piperazine rings is 1. The molecule has 11 nitrogen and oxygen atoms in total. The van der Waals surface area contributed by atoms with Gasteiger partial charge in [0.05, 0.1) is 29.8 Å². The Balaban J connectivity index is 1.34. The maximum absolute atomic E-state index is 14.8. The highest BCUT2D eigenvalue weighted by Crippen LogP contribution is 2.59. The highest BCUT2D eigenvalue weighted by Gasteiger charge is 2.58. The lowest BCUT2D eigenvalue weighted by Gasteiger charge is -2.47. The van der Waals surface area contributed by atoms with Gasteiger partial charge in [-0.1, -0.05) is 16.5 Å². The predicted molar refractivity (Wildman–Crippen MR) is 120 cm³/mol. The van der Waals surface area contributed by atoms with Crippen LogP contribution in [0.3, 0.4) is 0 Å². The summed E-state index contributed by atoms with van der Waals surface area (Å²) in [6, 6.07) is -0.400. The van der Waals surface area contributed by atoms with Crippen molar-refractivity contribution in [2.45, 2.75) is 61.7 Å². The second-order valence-electron chi connectivity index (χ2n) is 9.70. The number of nitrogens with zero attached hydrogens (tertiary/aromatic N) is 5. The van der Waals surface area contributed by atoms with Gasteiger partial charge in [-0.2, -0.15) is 4.98 Å². The Morgan fingerprint density at radius 3 is 2.71 bits per heavy atom. The van der Waals surface area contributed by atoms with Crippen molar-refractivity contribution in [3.05, 3.63) is 16.4 Å². The minimum Gasteiger partial charge on any atom is -0.453 e. The number of hydrogen-bond acceptors (Lipinski definition) is 9. The minimum atomic E-state index is -1.10. The number of methoxy groups -OCH3 is 1. The summed E-state index contributed by atoms with van der Waals surface area (Å²) in [6.45, 7) is 0.767. The normalized spacial score (nSPS) is 31.4. The molecule has 2 aliphatic heterocycles. The number of alkyl halides is 1. The number of hydrogen-bond donors (Lipinski definition) is 2. The zero-order valence-corrected chi connectivity index (χ0v) is 19.8. The summed E-state index contributed by atoms with van der Waals surface area (Å²) in [6.07, 6.45) is 3.17. The first-order chi connectivity index (χ1) is 16.3. The molecule has 2 atom stereocenters. The van der Waals surface area contributed by atoms with Crippen LogP contribution in [0.25, 0.3) is 0 Å². The van der Waals surface area contributed by atoms with Gasteiger partial charge in [-0.3, -0.25) is 5.32 Å². The number of nitrogens with one attached hydrogen (secondary N) is 2.